The standard InChI is InChI=1S/C21H37N3O/c1-4-7-8-15-25-20-11-9-18(10-12-20)21(16-22)24-14-13-23(6-3)19(5-2)17-24/h9-12,19,21H,4-8,13-17,22H2,1-3H3. The largest absolute Gasteiger partial charge is 0.494 e. The van der Waals surface area contributed by atoms with Gasteiger partial charge in [-0.2, -0.15) is 0 Å². The van der Waals surface area contributed by atoms with Gasteiger partial charge in [-0.1, -0.05) is 45.7 Å². The van der Waals surface area contributed by atoms with Crippen molar-refractivity contribution in [2.45, 2.75) is 58.5 Å². The second-order valence-corrected chi connectivity index (χ2v) is 7.06. The number of unbranched alkanes of at least 4 members (excludes halogenated alkanes) is 2. The minimum absolute atomic E-state index is 0.308. The van der Waals surface area contributed by atoms with Crippen LogP contribution in [0.4, 0.5) is 0 Å². The van der Waals surface area contributed by atoms with Gasteiger partial charge in [0.15, 0.2) is 0 Å². The zero-order valence-corrected chi connectivity index (χ0v) is 16.4. The van der Waals surface area contributed by atoms with Gasteiger partial charge in [-0.25, -0.2) is 0 Å². The van der Waals surface area contributed by atoms with Gasteiger partial charge in [-0.15, -0.1) is 0 Å². The van der Waals surface area contributed by atoms with E-state index in [1.807, 2.05) is 0 Å². The van der Waals surface area contributed by atoms with Crippen LogP contribution in [0.25, 0.3) is 0 Å². The fourth-order valence-electron chi connectivity index (χ4n) is 3.83. The van der Waals surface area contributed by atoms with Crippen molar-refractivity contribution < 1.29 is 4.74 Å². The molecule has 0 aliphatic carbocycles. The Balaban J connectivity index is 1.95. The van der Waals surface area contributed by atoms with E-state index in [9.17, 15) is 0 Å². The highest BCUT2D eigenvalue weighted by atomic mass is 16.5. The number of likely N-dealkylation sites (N-methyl/N-ethyl adjacent to an activating group) is 1. The van der Waals surface area contributed by atoms with Gasteiger partial charge < -0.3 is 10.5 Å². The number of nitrogens with two attached hydrogens (primary N) is 1. The number of benzene rings is 1. The van der Waals surface area contributed by atoms with Crippen LogP contribution in [0.15, 0.2) is 24.3 Å². The van der Waals surface area contributed by atoms with Gasteiger partial charge in [0.2, 0.25) is 0 Å². The van der Waals surface area contributed by atoms with Gasteiger partial charge in [0, 0.05) is 38.3 Å². The third-order valence-corrected chi connectivity index (χ3v) is 5.46. The molecule has 0 aromatic heterocycles. The van der Waals surface area contributed by atoms with Crippen LogP contribution in [0.5, 0.6) is 5.75 Å². The van der Waals surface area contributed by atoms with E-state index in [0.29, 0.717) is 18.6 Å². The van der Waals surface area contributed by atoms with Gasteiger partial charge in [-0.05, 0) is 37.1 Å². The van der Waals surface area contributed by atoms with Crippen molar-refractivity contribution >= 4 is 0 Å². The molecule has 0 bridgehead atoms. The van der Waals surface area contributed by atoms with Crippen LogP contribution in [-0.4, -0.2) is 55.2 Å². The zero-order valence-electron chi connectivity index (χ0n) is 16.4. The Kier molecular flexibility index (Phi) is 8.73. The molecule has 4 heteroatoms. The van der Waals surface area contributed by atoms with Crippen LogP contribution >= 0.6 is 0 Å². The molecule has 25 heavy (non-hydrogen) atoms. The first-order valence-electron chi connectivity index (χ1n) is 10.1. The molecule has 1 fully saturated rings. The average molecular weight is 348 g/mol. The second kappa shape index (κ2) is 10.8. The lowest BCUT2D eigenvalue weighted by molar-refractivity contribution is 0.0509. The summed E-state index contributed by atoms with van der Waals surface area (Å²) in [5.41, 5.74) is 7.46. The lowest BCUT2D eigenvalue weighted by atomic mass is 10.0. The highest BCUT2D eigenvalue weighted by Gasteiger charge is 2.29. The molecule has 1 saturated heterocycles. The van der Waals surface area contributed by atoms with E-state index in [0.717, 1.165) is 45.0 Å². The smallest absolute Gasteiger partial charge is 0.119 e. The quantitative estimate of drug-likeness (QED) is 0.656. The normalized spacial score (nSPS) is 20.6. The number of piperazine rings is 1. The lowest BCUT2D eigenvalue weighted by Gasteiger charge is -2.44. The molecule has 1 aromatic carbocycles. The third kappa shape index (κ3) is 5.70. The Morgan fingerprint density at radius 1 is 1.12 bits per heavy atom. The monoisotopic (exact) mass is 347 g/mol. The van der Waals surface area contributed by atoms with E-state index in [2.05, 4.69) is 54.8 Å². The molecule has 1 aliphatic heterocycles. The Bertz CT molecular complexity index is 477. The van der Waals surface area contributed by atoms with Gasteiger partial charge in [0.1, 0.15) is 5.75 Å². The van der Waals surface area contributed by atoms with Crippen molar-refractivity contribution in [3.05, 3.63) is 29.8 Å². The second-order valence-electron chi connectivity index (χ2n) is 7.06. The molecular weight excluding hydrogens is 310 g/mol. The van der Waals surface area contributed by atoms with Gasteiger partial charge in [-0.3, -0.25) is 9.80 Å². The number of nitrogens with zero attached hydrogens (tertiary/aromatic N) is 2. The summed E-state index contributed by atoms with van der Waals surface area (Å²) in [7, 11) is 0. The Morgan fingerprint density at radius 2 is 1.88 bits per heavy atom. The molecule has 2 N–H and O–H groups in total. The highest BCUT2D eigenvalue weighted by Crippen LogP contribution is 2.26. The van der Waals surface area contributed by atoms with Crippen molar-refractivity contribution in [2.75, 3.05) is 39.3 Å². The van der Waals surface area contributed by atoms with Crippen molar-refractivity contribution in [1.82, 2.24) is 9.80 Å². The molecule has 2 rings (SSSR count). The molecule has 2 atom stereocenters. The molecular formula is C21H37N3O. The van der Waals surface area contributed by atoms with E-state index < -0.39 is 0 Å². The fraction of sp³-hybridized carbons (Fsp3) is 0.714. The van der Waals surface area contributed by atoms with E-state index in [-0.39, 0.29) is 0 Å². The number of hydrogen-bond acceptors (Lipinski definition) is 4. The molecule has 0 radical (unpaired) electrons. The summed E-state index contributed by atoms with van der Waals surface area (Å²) in [6, 6.07) is 9.54. The number of rotatable bonds is 10. The van der Waals surface area contributed by atoms with Gasteiger partial charge >= 0.3 is 0 Å². The molecule has 1 aromatic rings. The summed E-state index contributed by atoms with van der Waals surface area (Å²) < 4.78 is 5.83. The van der Waals surface area contributed by atoms with Gasteiger partial charge in [0.25, 0.3) is 0 Å². The van der Waals surface area contributed by atoms with Gasteiger partial charge in [0.05, 0.1) is 6.61 Å². The van der Waals surface area contributed by atoms with Crippen LogP contribution in [0, 0.1) is 0 Å². The van der Waals surface area contributed by atoms with Crippen LogP contribution < -0.4 is 10.5 Å². The van der Waals surface area contributed by atoms with Crippen molar-refractivity contribution in [2.24, 2.45) is 5.73 Å². The minimum atomic E-state index is 0.308. The van der Waals surface area contributed by atoms with Crippen LogP contribution in [0.2, 0.25) is 0 Å². The highest BCUT2D eigenvalue weighted by molar-refractivity contribution is 5.29. The molecule has 0 saturated carbocycles. The SMILES string of the molecule is CCCCCOc1ccc(C(CN)N2CCN(CC)C(CC)C2)cc1. The molecule has 4 nitrogen and oxygen atoms in total. The Hall–Kier alpha value is -1.10. The average Bonchev–Trinajstić information content (AvgIpc) is 2.66. The first-order chi connectivity index (χ1) is 12.2. The molecule has 0 spiro atoms. The first-order valence-corrected chi connectivity index (χ1v) is 10.1. The lowest BCUT2D eigenvalue weighted by Crippen LogP contribution is -2.54. The van der Waals surface area contributed by atoms with E-state index >= 15 is 0 Å². The van der Waals surface area contributed by atoms with E-state index in [1.165, 1.54) is 24.8 Å². The Labute approximate surface area is 154 Å². The Morgan fingerprint density at radius 3 is 2.48 bits per heavy atom. The maximum atomic E-state index is 6.15. The fourth-order valence-corrected chi connectivity index (χ4v) is 3.83. The summed E-state index contributed by atoms with van der Waals surface area (Å²) in [5.74, 6) is 0.970. The van der Waals surface area contributed by atoms with Crippen molar-refractivity contribution in [3.63, 3.8) is 0 Å². The first kappa shape index (κ1) is 20.2. The predicted molar refractivity (Wildman–Crippen MR) is 106 cm³/mol. The predicted octanol–water partition coefficient (Wildman–Crippen LogP) is 3.67. The topological polar surface area (TPSA) is 41.7 Å². The van der Waals surface area contributed by atoms with Crippen molar-refractivity contribution in [1.29, 1.82) is 0 Å². The van der Waals surface area contributed by atoms with Crippen LogP contribution in [-0.2, 0) is 0 Å². The molecule has 0 amide bonds. The molecule has 1 heterocycles. The minimum Gasteiger partial charge on any atom is -0.494 e. The number of hydrogen-bond donors (Lipinski definition) is 1. The third-order valence-electron chi connectivity index (χ3n) is 5.46. The molecule has 1 aliphatic rings. The molecule has 142 valence electrons. The van der Waals surface area contributed by atoms with Crippen LogP contribution in [0.1, 0.15) is 58.1 Å². The zero-order chi connectivity index (χ0) is 18.1. The summed E-state index contributed by atoms with van der Waals surface area (Å²) in [6.07, 6.45) is 4.79. The summed E-state index contributed by atoms with van der Waals surface area (Å²) in [5, 5.41) is 0. The van der Waals surface area contributed by atoms with E-state index in [1.54, 1.807) is 0 Å². The summed E-state index contributed by atoms with van der Waals surface area (Å²) in [4.78, 5) is 5.16. The summed E-state index contributed by atoms with van der Waals surface area (Å²) in [6.45, 7) is 12.7. The van der Waals surface area contributed by atoms with Crippen molar-refractivity contribution in [3.8, 4) is 5.75 Å². The van der Waals surface area contributed by atoms with E-state index in [4.69, 9.17) is 10.5 Å². The molecule has 2 unspecified atom stereocenters. The summed E-state index contributed by atoms with van der Waals surface area (Å²) >= 11 is 0. The van der Waals surface area contributed by atoms with Crippen LogP contribution in [0.3, 0.4) is 0 Å². The maximum absolute atomic E-state index is 6.15. The number of ether oxygens (including phenoxy) is 1. The maximum Gasteiger partial charge on any atom is 0.119 e.